The van der Waals surface area contributed by atoms with E-state index in [-0.39, 0.29) is 18.4 Å². The number of carbonyl (C=O) groups is 2. The Morgan fingerprint density at radius 3 is 2.33 bits per heavy atom. The van der Waals surface area contributed by atoms with E-state index in [1.807, 2.05) is 67.3 Å². The summed E-state index contributed by atoms with van der Waals surface area (Å²) >= 11 is 0. The van der Waals surface area contributed by atoms with Crippen molar-refractivity contribution in [3.05, 3.63) is 65.2 Å². The maximum absolute atomic E-state index is 12.6. The van der Waals surface area contributed by atoms with Crippen molar-refractivity contribution in [3.8, 4) is 5.75 Å². The fraction of sp³-hybridized carbons (Fsp3) is 0.364. The van der Waals surface area contributed by atoms with Crippen LogP contribution in [-0.4, -0.2) is 54.4 Å². The van der Waals surface area contributed by atoms with E-state index in [0.29, 0.717) is 37.5 Å². The number of hydrogen-bond donors (Lipinski definition) is 0. The summed E-state index contributed by atoms with van der Waals surface area (Å²) in [5.41, 5.74) is 3.03. The SMILES string of the molecule is Cc1ccc(OCC(=O)N2CCCN(C(=O)c3ccccc3)CC2)cc1C. The second kappa shape index (κ2) is 8.71. The number of carbonyl (C=O) groups excluding carboxylic acids is 2. The number of amides is 2. The molecule has 0 spiro atoms. The Bertz CT molecular complexity index is 804. The van der Waals surface area contributed by atoms with E-state index in [9.17, 15) is 9.59 Å². The fourth-order valence-electron chi connectivity index (χ4n) is 3.17. The van der Waals surface area contributed by atoms with Gasteiger partial charge in [0.05, 0.1) is 0 Å². The molecule has 5 heteroatoms. The highest BCUT2D eigenvalue weighted by Gasteiger charge is 2.23. The van der Waals surface area contributed by atoms with Crippen LogP contribution in [0.25, 0.3) is 0 Å². The molecule has 1 saturated heterocycles. The second-order valence-electron chi connectivity index (χ2n) is 6.93. The van der Waals surface area contributed by atoms with Crippen molar-refractivity contribution in [3.63, 3.8) is 0 Å². The number of rotatable bonds is 4. The van der Waals surface area contributed by atoms with E-state index in [1.165, 1.54) is 5.56 Å². The van der Waals surface area contributed by atoms with Gasteiger partial charge in [0, 0.05) is 31.7 Å². The minimum Gasteiger partial charge on any atom is -0.484 e. The molecule has 0 unspecified atom stereocenters. The maximum atomic E-state index is 12.6. The molecule has 2 amide bonds. The Labute approximate surface area is 160 Å². The van der Waals surface area contributed by atoms with Crippen LogP contribution in [0.1, 0.15) is 27.9 Å². The monoisotopic (exact) mass is 366 g/mol. The topological polar surface area (TPSA) is 49.9 Å². The van der Waals surface area contributed by atoms with Crippen LogP contribution in [0.15, 0.2) is 48.5 Å². The summed E-state index contributed by atoms with van der Waals surface area (Å²) in [7, 11) is 0. The lowest BCUT2D eigenvalue weighted by Crippen LogP contribution is -2.39. The van der Waals surface area contributed by atoms with Gasteiger partial charge in [-0.1, -0.05) is 24.3 Å². The summed E-state index contributed by atoms with van der Waals surface area (Å²) in [5, 5.41) is 0. The Balaban J connectivity index is 1.53. The zero-order valence-electron chi connectivity index (χ0n) is 16.0. The lowest BCUT2D eigenvalue weighted by Gasteiger charge is -2.22. The van der Waals surface area contributed by atoms with E-state index in [0.717, 1.165) is 12.0 Å². The third kappa shape index (κ3) is 4.88. The van der Waals surface area contributed by atoms with E-state index in [1.54, 1.807) is 4.90 Å². The predicted molar refractivity (Wildman–Crippen MR) is 105 cm³/mol. The quantitative estimate of drug-likeness (QED) is 0.836. The predicted octanol–water partition coefficient (Wildman–Crippen LogP) is 3.06. The molecule has 0 bridgehead atoms. The summed E-state index contributed by atoms with van der Waals surface area (Å²) < 4.78 is 5.67. The first-order valence-electron chi connectivity index (χ1n) is 9.37. The first-order chi connectivity index (χ1) is 13.0. The van der Waals surface area contributed by atoms with Crippen LogP contribution in [0.3, 0.4) is 0 Å². The molecule has 1 heterocycles. The highest BCUT2D eigenvalue weighted by Crippen LogP contribution is 2.16. The maximum Gasteiger partial charge on any atom is 0.260 e. The summed E-state index contributed by atoms with van der Waals surface area (Å²) in [4.78, 5) is 28.7. The van der Waals surface area contributed by atoms with E-state index < -0.39 is 0 Å². The normalized spacial score (nSPS) is 14.6. The molecule has 1 fully saturated rings. The van der Waals surface area contributed by atoms with Crippen molar-refractivity contribution in [1.29, 1.82) is 0 Å². The molecule has 1 aliphatic heterocycles. The molecule has 0 N–H and O–H groups in total. The zero-order chi connectivity index (χ0) is 19.2. The zero-order valence-corrected chi connectivity index (χ0v) is 16.0. The van der Waals surface area contributed by atoms with Gasteiger partial charge in [0.1, 0.15) is 5.75 Å². The van der Waals surface area contributed by atoms with Crippen LogP contribution in [0.4, 0.5) is 0 Å². The summed E-state index contributed by atoms with van der Waals surface area (Å²) in [5.74, 6) is 0.695. The van der Waals surface area contributed by atoms with Crippen molar-refractivity contribution < 1.29 is 14.3 Å². The van der Waals surface area contributed by atoms with Crippen LogP contribution in [0.2, 0.25) is 0 Å². The number of hydrogen-bond acceptors (Lipinski definition) is 3. The molecule has 142 valence electrons. The number of ether oxygens (including phenoxy) is 1. The molecule has 2 aromatic carbocycles. The Morgan fingerprint density at radius 1 is 0.889 bits per heavy atom. The molecule has 5 nitrogen and oxygen atoms in total. The third-order valence-corrected chi connectivity index (χ3v) is 5.00. The second-order valence-corrected chi connectivity index (χ2v) is 6.93. The van der Waals surface area contributed by atoms with Crippen molar-refractivity contribution in [2.24, 2.45) is 0 Å². The van der Waals surface area contributed by atoms with E-state index in [2.05, 4.69) is 0 Å². The van der Waals surface area contributed by atoms with Gasteiger partial charge >= 0.3 is 0 Å². The molecule has 0 saturated carbocycles. The molecule has 1 aliphatic rings. The average Bonchev–Trinajstić information content (AvgIpc) is 2.95. The fourth-order valence-corrected chi connectivity index (χ4v) is 3.17. The van der Waals surface area contributed by atoms with Crippen molar-refractivity contribution >= 4 is 11.8 Å². The molecule has 0 aliphatic carbocycles. The van der Waals surface area contributed by atoms with Crippen LogP contribution in [-0.2, 0) is 4.79 Å². The van der Waals surface area contributed by atoms with Crippen molar-refractivity contribution in [2.45, 2.75) is 20.3 Å². The van der Waals surface area contributed by atoms with E-state index >= 15 is 0 Å². The van der Waals surface area contributed by atoms with Crippen LogP contribution in [0, 0.1) is 13.8 Å². The van der Waals surface area contributed by atoms with Gasteiger partial charge in [-0.25, -0.2) is 0 Å². The molecular weight excluding hydrogens is 340 g/mol. The number of benzene rings is 2. The summed E-state index contributed by atoms with van der Waals surface area (Å²) in [6.45, 7) is 6.48. The molecular formula is C22H26N2O3. The van der Waals surface area contributed by atoms with Gasteiger partial charge in [0.15, 0.2) is 6.61 Å². The Hall–Kier alpha value is -2.82. The van der Waals surface area contributed by atoms with Crippen LogP contribution < -0.4 is 4.74 Å². The summed E-state index contributed by atoms with van der Waals surface area (Å²) in [6, 6.07) is 15.1. The van der Waals surface area contributed by atoms with Crippen LogP contribution in [0.5, 0.6) is 5.75 Å². The lowest BCUT2D eigenvalue weighted by atomic mass is 10.1. The molecule has 0 radical (unpaired) electrons. The van der Waals surface area contributed by atoms with Crippen molar-refractivity contribution in [2.75, 3.05) is 32.8 Å². The van der Waals surface area contributed by atoms with Gasteiger partial charge in [-0.15, -0.1) is 0 Å². The summed E-state index contributed by atoms with van der Waals surface area (Å²) in [6.07, 6.45) is 0.772. The minimum absolute atomic E-state index is 0.0229. The highest BCUT2D eigenvalue weighted by atomic mass is 16.5. The smallest absolute Gasteiger partial charge is 0.260 e. The van der Waals surface area contributed by atoms with Crippen molar-refractivity contribution in [1.82, 2.24) is 9.80 Å². The van der Waals surface area contributed by atoms with Gasteiger partial charge in [0.2, 0.25) is 0 Å². The van der Waals surface area contributed by atoms with Gasteiger partial charge in [-0.3, -0.25) is 9.59 Å². The van der Waals surface area contributed by atoms with Gasteiger partial charge in [-0.05, 0) is 55.7 Å². The third-order valence-electron chi connectivity index (χ3n) is 5.00. The number of nitrogens with zero attached hydrogens (tertiary/aromatic N) is 2. The lowest BCUT2D eigenvalue weighted by molar-refractivity contribution is -0.133. The molecule has 2 aromatic rings. The molecule has 3 rings (SSSR count). The standard InChI is InChI=1S/C22H26N2O3/c1-17-9-10-20(15-18(17)2)27-16-21(25)23-11-6-12-24(14-13-23)22(26)19-7-4-3-5-8-19/h3-5,7-10,15H,6,11-14,16H2,1-2H3. The van der Waals surface area contributed by atoms with Crippen LogP contribution >= 0.6 is 0 Å². The van der Waals surface area contributed by atoms with Gasteiger partial charge in [-0.2, -0.15) is 0 Å². The average molecular weight is 366 g/mol. The number of aryl methyl sites for hydroxylation is 2. The molecule has 0 atom stereocenters. The largest absolute Gasteiger partial charge is 0.484 e. The first kappa shape index (κ1) is 19.0. The minimum atomic E-state index is -0.0396. The van der Waals surface area contributed by atoms with E-state index in [4.69, 9.17) is 4.74 Å². The molecule has 27 heavy (non-hydrogen) atoms. The Morgan fingerprint density at radius 2 is 1.59 bits per heavy atom. The van der Waals surface area contributed by atoms with Gasteiger partial charge < -0.3 is 14.5 Å². The first-order valence-corrected chi connectivity index (χ1v) is 9.37. The Kier molecular flexibility index (Phi) is 6.12. The highest BCUT2D eigenvalue weighted by molar-refractivity contribution is 5.94. The van der Waals surface area contributed by atoms with Gasteiger partial charge in [0.25, 0.3) is 11.8 Å². The molecule has 0 aromatic heterocycles.